The Labute approximate surface area is 175 Å². The first-order valence-corrected chi connectivity index (χ1v) is 9.66. The van der Waals surface area contributed by atoms with Gasteiger partial charge in [-0.3, -0.25) is 9.36 Å². The monoisotopic (exact) mass is 417 g/mol. The number of carbonyl (C=O) groups excluding carboxylic acids is 1. The molecule has 0 spiro atoms. The lowest BCUT2D eigenvalue weighted by molar-refractivity contribution is 0.0963. The predicted molar refractivity (Wildman–Crippen MR) is 112 cm³/mol. The Morgan fingerprint density at radius 3 is 2.48 bits per heavy atom. The van der Waals surface area contributed by atoms with Crippen LogP contribution in [0.5, 0.6) is 0 Å². The summed E-state index contributed by atoms with van der Waals surface area (Å²) in [6.07, 6.45) is -1.50. The number of rotatable bonds is 3. The fraction of sp³-hybridized carbons (Fsp3) is 0.130. The molecule has 0 unspecified atom stereocenters. The molecule has 0 aliphatic carbocycles. The van der Waals surface area contributed by atoms with Crippen LogP contribution >= 0.6 is 0 Å². The van der Waals surface area contributed by atoms with Crippen molar-refractivity contribution < 1.29 is 13.6 Å². The minimum atomic E-state index is -2.78. The second-order valence-electron chi connectivity index (χ2n) is 7.31. The lowest BCUT2D eigenvalue weighted by Crippen LogP contribution is -2.14. The highest BCUT2D eigenvalue weighted by Crippen LogP contribution is 2.28. The number of fused-ring (bicyclic) bond motifs is 2. The van der Waals surface area contributed by atoms with Gasteiger partial charge in [0.15, 0.2) is 5.65 Å². The molecule has 154 valence electrons. The van der Waals surface area contributed by atoms with Gasteiger partial charge >= 0.3 is 0 Å². The smallest absolute Gasteiger partial charge is 0.268 e. The van der Waals surface area contributed by atoms with E-state index < -0.39 is 12.3 Å². The van der Waals surface area contributed by atoms with Gasteiger partial charge < -0.3 is 0 Å². The topological polar surface area (TPSA) is 65.1 Å². The molecule has 31 heavy (non-hydrogen) atoms. The fourth-order valence-electron chi connectivity index (χ4n) is 3.69. The van der Waals surface area contributed by atoms with Gasteiger partial charge in [-0.25, -0.2) is 23.3 Å². The predicted octanol–water partition coefficient (Wildman–Crippen LogP) is 4.99. The van der Waals surface area contributed by atoms with Crippen molar-refractivity contribution >= 4 is 22.6 Å². The van der Waals surface area contributed by atoms with Crippen LogP contribution < -0.4 is 0 Å². The van der Waals surface area contributed by atoms with E-state index in [0.29, 0.717) is 28.1 Å². The zero-order valence-corrected chi connectivity index (χ0v) is 16.8. The second-order valence-corrected chi connectivity index (χ2v) is 7.31. The summed E-state index contributed by atoms with van der Waals surface area (Å²) in [5.74, 6) is 0.0734. The van der Waals surface area contributed by atoms with Crippen LogP contribution in [0.1, 0.15) is 33.9 Å². The van der Waals surface area contributed by atoms with Gasteiger partial charge in [0, 0.05) is 5.56 Å². The summed E-state index contributed by atoms with van der Waals surface area (Å²) in [5.41, 5.74) is 3.26. The van der Waals surface area contributed by atoms with Crippen molar-refractivity contribution in [3.63, 3.8) is 0 Å². The van der Waals surface area contributed by atoms with Crippen LogP contribution in [0.2, 0.25) is 0 Å². The number of para-hydroxylation sites is 2. The molecular formula is C23H17F2N5O. The van der Waals surface area contributed by atoms with Crippen molar-refractivity contribution in [3.05, 3.63) is 83.4 Å². The largest absolute Gasteiger partial charge is 0.280 e. The number of alkyl halides is 2. The molecule has 2 aromatic carbocycles. The van der Waals surface area contributed by atoms with E-state index in [-0.39, 0.29) is 16.9 Å². The lowest BCUT2D eigenvalue weighted by atomic mass is 10.1. The van der Waals surface area contributed by atoms with E-state index in [1.54, 1.807) is 13.0 Å². The molecule has 0 saturated heterocycles. The molecule has 0 atom stereocenters. The van der Waals surface area contributed by atoms with Crippen LogP contribution in [0.15, 0.2) is 60.8 Å². The molecule has 5 rings (SSSR count). The molecule has 0 amide bonds. The van der Waals surface area contributed by atoms with E-state index in [9.17, 15) is 13.6 Å². The number of aromatic nitrogens is 5. The molecule has 3 aromatic heterocycles. The van der Waals surface area contributed by atoms with Gasteiger partial charge in [0.1, 0.15) is 17.1 Å². The Balaban J connectivity index is 1.73. The minimum absolute atomic E-state index is 0.0792. The Morgan fingerprint density at radius 2 is 1.74 bits per heavy atom. The van der Waals surface area contributed by atoms with E-state index in [1.165, 1.54) is 16.8 Å². The lowest BCUT2D eigenvalue weighted by Gasteiger charge is -2.09. The molecule has 0 fully saturated rings. The highest BCUT2D eigenvalue weighted by molar-refractivity contribution is 6.05. The van der Waals surface area contributed by atoms with Crippen molar-refractivity contribution in [1.82, 2.24) is 24.1 Å². The van der Waals surface area contributed by atoms with Gasteiger partial charge in [-0.05, 0) is 32.0 Å². The van der Waals surface area contributed by atoms with Gasteiger partial charge in [-0.15, -0.1) is 0 Å². The maximum absolute atomic E-state index is 13.8. The number of aryl methyl sites for hydroxylation is 2. The quantitative estimate of drug-likeness (QED) is 0.415. The average Bonchev–Trinajstić information content (AvgIpc) is 3.33. The molecular weight excluding hydrogens is 400 g/mol. The third-order valence-electron chi connectivity index (χ3n) is 5.23. The first kappa shape index (κ1) is 19.0. The summed E-state index contributed by atoms with van der Waals surface area (Å²) in [7, 11) is 0. The van der Waals surface area contributed by atoms with Gasteiger partial charge in [0.25, 0.3) is 12.3 Å². The zero-order valence-electron chi connectivity index (χ0n) is 16.8. The summed E-state index contributed by atoms with van der Waals surface area (Å²) in [5, 5.41) is 4.05. The highest BCUT2D eigenvalue weighted by Gasteiger charge is 2.24. The Bertz CT molecular complexity index is 1450. The highest BCUT2D eigenvalue weighted by atomic mass is 19.3. The molecule has 5 aromatic rings. The Hall–Kier alpha value is -3.94. The average molecular weight is 417 g/mol. The van der Waals surface area contributed by atoms with Crippen LogP contribution in [0, 0.1) is 13.8 Å². The SMILES string of the molecule is Cc1ccc(-c2cc(C(F)F)n3ncc(C(=O)n4c(C)nc5ccccc54)c3n2)cc1. The van der Waals surface area contributed by atoms with Crippen molar-refractivity contribution in [2.75, 3.05) is 0 Å². The first-order chi connectivity index (χ1) is 14.9. The summed E-state index contributed by atoms with van der Waals surface area (Å²) >= 11 is 0. The van der Waals surface area contributed by atoms with Crippen molar-refractivity contribution in [2.45, 2.75) is 20.3 Å². The van der Waals surface area contributed by atoms with Crippen LogP contribution in [-0.4, -0.2) is 30.1 Å². The summed E-state index contributed by atoms with van der Waals surface area (Å²) in [6.45, 7) is 3.66. The number of benzene rings is 2. The number of halogens is 2. The molecule has 0 saturated carbocycles. The summed E-state index contributed by atoms with van der Waals surface area (Å²) in [4.78, 5) is 22.4. The molecule has 3 heterocycles. The van der Waals surface area contributed by atoms with Gasteiger partial charge in [0.2, 0.25) is 0 Å². The number of carbonyl (C=O) groups is 1. The van der Waals surface area contributed by atoms with Gasteiger partial charge in [-0.2, -0.15) is 5.10 Å². The first-order valence-electron chi connectivity index (χ1n) is 9.66. The molecule has 0 aliphatic heterocycles. The number of imidazole rings is 1. The van der Waals surface area contributed by atoms with Crippen molar-refractivity contribution in [3.8, 4) is 11.3 Å². The van der Waals surface area contributed by atoms with E-state index in [2.05, 4.69) is 15.1 Å². The standard InChI is InChI=1S/C23H17F2N5O/c1-13-7-9-15(10-8-13)18-11-20(21(24)25)30-22(28-18)16(12-26-30)23(31)29-14(2)27-17-5-3-4-6-19(17)29/h3-12,21H,1-2H3. The van der Waals surface area contributed by atoms with Crippen molar-refractivity contribution in [1.29, 1.82) is 0 Å². The molecule has 6 nitrogen and oxygen atoms in total. The molecule has 0 N–H and O–H groups in total. The third kappa shape index (κ3) is 3.07. The normalized spacial score (nSPS) is 11.6. The molecule has 0 radical (unpaired) electrons. The van der Waals surface area contributed by atoms with Crippen LogP contribution in [0.4, 0.5) is 8.78 Å². The molecule has 0 aliphatic rings. The third-order valence-corrected chi connectivity index (χ3v) is 5.23. The second kappa shape index (κ2) is 7.09. The molecule has 8 heteroatoms. The maximum Gasteiger partial charge on any atom is 0.280 e. The van der Waals surface area contributed by atoms with Gasteiger partial charge in [0.05, 0.1) is 22.9 Å². The zero-order chi connectivity index (χ0) is 21.7. The van der Waals surface area contributed by atoms with E-state index in [1.807, 2.05) is 49.4 Å². The Morgan fingerprint density at radius 1 is 1.00 bits per heavy atom. The number of hydrogen-bond acceptors (Lipinski definition) is 4. The number of nitrogens with zero attached hydrogens (tertiary/aromatic N) is 5. The van der Waals surface area contributed by atoms with Gasteiger partial charge in [-0.1, -0.05) is 42.0 Å². The van der Waals surface area contributed by atoms with E-state index in [0.717, 1.165) is 10.1 Å². The summed E-state index contributed by atoms with van der Waals surface area (Å²) < 4.78 is 30.1. The number of hydrogen-bond donors (Lipinski definition) is 0. The van der Waals surface area contributed by atoms with Crippen LogP contribution in [-0.2, 0) is 0 Å². The summed E-state index contributed by atoms with van der Waals surface area (Å²) in [6, 6.07) is 15.9. The van der Waals surface area contributed by atoms with Crippen molar-refractivity contribution in [2.24, 2.45) is 0 Å². The van der Waals surface area contributed by atoms with E-state index in [4.69, 9.17) is 0 Å². The fourth-order valence-corrected chi connectivity index (χ4v) is 3.69. The van der Waals surface area contributed by atoms with Crippen LogP contribution in [0.25, 0.3) is 27.9 Å². The minimum Gasteiger partial charge on any atom is -0.268 e. The van der Waals surface area contributed by atoms with Crippen LogP contribution in [0.3, 0.4) is 0 Å². The van der Waals surface area contributed by atoms with E-state index >= 15 is 0 Å². The maximum atomic E-state index is 13.8. The molecule has 0 bridgehead atoms. The Kier molecular flexibility index (Phi) is 4.35.